The number of furan rings is 1. The second kappa shape index (κ2) is 9.72. The lowest BCUT2D eigenvalue weighted by Crippen LogP contribution is -2.36. The monoisotopic (exact) mass is 517 g/mol. The Hall–Kier alpha value is -3.60. The zero-order valence-electron chi connectivity index (χ0n) is 17.0. The van der Waals surface area contributed by atoms with Crippen molar-refractivity contribution >= 4 is 69.5 Å². The smallest absolute Gasteiger partial charge is 0.294 e. The molecule has 0 saturated carbocycles. The van der Waals surface area contributed by atoms with Gasteiger partial charge in [-0.2, -0.15) is 0 Å². The standard InChI is InChI=1S/C22H13Cl2N3O6S/c23-13-2-4-14(5-3-13)25-20(28)11-26-21(29)19(34-22(26)30)10-15-6-8-18(33-15)12-1-7-16(24)17(9-12)27(31)32/h1-10H,11H2,(H,25,28)/b19-10+. The molecule has 0 radical (unpaired) electrons. The number of amides is 3. The molecule has 1 aromatic heterocycles. The highest BCUT2D eigenvalue weighted by molar-refractivity contribution is 8.18. The van der Waals surface area contributed by atoms with Crippen molar-refractivity contribution in [2.24, 2.45) is 0 Å². The molecule has 12 heteroatoms. The Bertz CT molecular complexity index is 1350. The zero-order valence-corrected chi connectivity index (χ0v) is 19.3. The fourth-order valence-electron chi connectivity index (χ4n) is 3.03. The normalized spacial score (nSPS) is 14.6. The van der Waals surface area contributed by atoms with E-state index in [0.717, 1.165) is 4.90 Å². The molecule has 3 amide bonds. The number of nitro benzene ring substituents is 1. The van der Waals surface area contributed by atoms with Gasteiger partial charge in [0, 0.05) is 28.4 Å². The van der Waals surface area contributed by atoms with Crippen LogP contribution in [0.3, 0.4) is 0 Å². The molecule has 2 aromatic carbocycles. The first-order chi connectivity index (χ1) is 16.2. The van der Waals surface area contributed by atoms with Crippen molar-refractivity contribution < 1.29 is 23.7 Å². The number of hydrogen-bond acceptors (Lipinski definition) is 7. The van der Waals surface area contributed by atoms with Crippen molar-refractivity contribution in [3.05, 3.63) is 85.4 Å². The molecule has 1 aliphatic heterocycles. The summed E-state index contributed by atoms with van der Waals surface area (Å²) in [6.07, 6.45) is 1.37. The SMILES string of the molecule is O=C(CN1C(=O)S/C(=C/c2ccc(-c3ccc(Cl)c([N+](=O)[O-])c3)o2)C1=O)Nc1ccc(Cl)cc1. The van der Waals surface area contributed by atoms with E-state index < -0.39 is 28.5 Å². The van der Waals surface area contributed by atoms with Crippen molar-refractivity contribution in [2.75, 3.05) is 11.9 Å². The second-order valence-corrected chi connectivity index (χ2v) is 8.79. The zero-order chi connectivity index (χ0) is 24.4. The average molecular weight is 518 g/mol. The molecule has 0 atom stereocenters. The first-order valence-corrected chi connectivity index (χ1v) is 11.1. The number of nitrogens with one attached hydrogen (secondary N) is 1. The summed E-state index contributed by atoms with van der Waals surface area (Å²) < 4.78 is 5.67. The molecule has 0 spiro atoms. The summed E-state index contributed by atoms with van der Waals surface area (Å²) in [7, 11) is 0. The highest BCUT2D eigenvalue weighted by Crippen LogP contribution is 2.35. The van der Waals surface area contributed by atoms with E-state index in [1.807, 2.05) is 0 Å². The van der Waals surface area contributed by atoms with E-state index in [4.69, 9.17) is 27.6 Å². The summed E-state index contributed by atoms with van der Waals surface area (Å²) in [5.74, 6) is -0.617. The maximum absolute atomic E-state index is 12.7. The summed E-state index contributed by atoms with van der Waals surface area (Å²) >= 11 is 12.3. The lowest BCUT2D eigenvalue weighted by atomic mass is 10.1. The minimum Gasteiger partial charge on any atom is -0.457 e. The lowest BCUT2D eigenvalue weighted by Gasteiger charge is -2.12. The summed E-state index contributed by atoms with van der Waals surface area (Å²) in [6.45, 7) is -0.456. The molecule has 1 fully saturated rings. The Morgan fingerprint density at radius 3 is 2.56 bits per heavy atom. The molecule has 34 heavy (non-hydrogen) atoms. The van der Waals surface area contributed by atoms with E-state index in [0.29, 0.717) is 33.8 Å². The molecule has 4 rings (SSSR count). The van der Waals surface area contributed by atoms with Crippen molar-refractivity contribution in [1.29, 1.82) is 0 Å². The van der Waals surface area contributed by atoms with Gasteiger partial charge in [-0.05, 0) is 60.3 Å². The van der Waals surface area contributed by atoms with E-state index in [-0.39, 0.29) is 21.4 Å². The molecule has 1 aliphatic rings. The molecule has 1 N–H and O–H groups in total. The highest BCUT2D eigenvalue weighted by Gasteiger charge is 2.36. The minimum absolute atomic E-state index is 0.00527. The molecule has 0 aliphatic carbocycles. The molecule has 0 unspecified atom stereocenters. The van der Waals surface area contributed by atoms with Crippen LogP contribution in [0, 0.1) is 10.1 Å². The van der Waals surface area contributed by atoms with Crippen LogP contribution in [0.2, 0.25) is 10.0 Å². The van der Waals surface area contributed by atoms with Gasteiger partial charge in [0.25, 0.3) is 16.8 Å². The molecule has 3 aromatic rings. The third-order valence-corrected chi connectivity index (χ3v) is 6.11. The van der Waals surface area contributed by atoms with Crippen LogP contribution < -0.4 is 5.32 Å². The van der Waals surface area contributed by atoms with Crippen LogP contribution in [-0.4, -0.2) is 33.4 Å². The van der Waals surface area contributed by atoms with Crippen LogP contribution in [-0.2, 0) is 9.59 Å². The number of thioether (sulfide) groups is 1. The van der Waals surface area contributed by atoms with Gasteiger partial charge >= 0.3 is 0 Å². The van der Waals surface area contributed by atoms with Crippen molar-refractivity contribution in [3.63, 3.8) is 0 Å². The van der Waals surface area contributed by atoms with Crippen molar-refractivity contribution in [2.45, 2.75) is 0 Å². The van der Waals surface area contributed by atoms with Gasteiger partial charge < -0.3 is 9.73 Å². The van der Waals surface area contributed by atoms with Gasteiger partial charge in [0.05, 0.1) is 9.83 Å². The van der Waals surface area contributed by atoms with E-state index >= 15 is 0 Å². The van der Waals surface area contributed by atoms with Crippen molar-refractivity contribution in [1.82, 2.24) is 4.90 Å². The number of carbonyl (C=O) groups excluding carboxylic acids is 3. The van der Waals surface area contributed by atoms with Gasteiger partial charge in [-0.25, -0.2) is 0 Å². The summed E-state index contributed by atoms with van der Waals surface area (Å²) in [5, 5.41) is 13.6. The average Bonchev–Trinajstić information content (AvgIpc) is 3.36. The summed E-state index contributed by atoms with van der Waals surface area (Å²) in [6, 6.07) is 13.7. The molecule has 172 valence electrons. The van der Waals surface area contributed by atoms with Crippen LogP contribution >= 0.6 is 35.0 Å². The Morgan fingerprint density at radius 1 is 1.12 bits per heavy atom. The number of anilines is 1. The summed E-state index contributed by atoms with van der Waals surface area (Å²) in [5.41, 5.74) is 0.625. The third-order valence-electron chi connectivity index (χ3n) is 4.63. The predicted octanol–water partition coefficient (Wildman–Crippen LogP) is 5.84. The number of imide groups is 1. The first kappa shape index (κ1) is 23.6. The Balaban J connectivity index is 1.47. The summed E-state index contributed by atoms with van der Waals surface area (Å²) in [4.78, 5) is 48.7. The minimum atomic E-state index is -0.638. The van der Waals surface area contributed by atoms with Crippen LogP contribution in [0.5, 0.6) is 0 Å². The van der Waals surface area contributed by atoms with Gasteiger partial charge in [0.2, 0.25) is 5.91 Å². The number of nitrogens with zero attached hydrogens (tertiary/aromatic N) is 2. The largest absolute Gasteiger partial charge is 0.457 e. The molecule has 0 bridgehead atoms. The second-order valence-electron chi connectivity index (χ2n) is 6.95. The third kappa shape index (κ3) is 5.14. The highest BCUT2D eigenvalue weighted by atomic mass is 35.5. The maximum Gasteiger partial charge on any atom is 0.294 e. The van der Waals surface area contributed by atoms with Gasteiger partial charge in [0.15, 0.2) is 0 Å². The number of halogens is 2. The number of nitro groups is 1. The van der Waals surface area contributed by atoms with Crippen LogP contribution in [0.1, 0.15) is 5.76 Å². The number of hydrogen-bond donors (Lipinski definition) is 1. The Morgan fingerprint density at radius 2 is 1.85 bits per heavy atom. The van der Waals surface area contributed by atoms with Crippen LogP contribution in [0.25, 0.3) is 17.4 Å². The topological polar surface area (TPSA) is 123 Å². The van der Waals surface area contributed by atoms with Gasteiger partial charge in [-0.15, -0.1) is 0 Å². The fraction of sp³-hybridized carbons (Fsp3) is 0.0455. The van der Waals surface area contributed by atoms with Gasteiger partial charge in [-0.1, -0.05) is 23.2 Å². The van der Waals surface area contributed by atoms with E-state index in [9.17, 15) is 24.5 Å². The Labute approximate surface area is 206 Å². The molecule has 1 saturated heterocycles. The lowest BCUT2D eigenvalue weighted by molar-refractivity contribution is -0.384. The van der Waals surface area contributed by atoms with E-state index in [1.54, 1.807) is 42.5 Å². The maximum atomic E-state index is 12.7. The molecular weight excluding hydrogens is 505 g/mol. The van der Waals surface area contributed by atoms with Crippen LogP contribution in [0.4, 0.5) is 16.2 Å². The first-order valence-electron chi connectivity index (χ1n) is 9.56. The van der Waals surface area contributed by atoms with Gasteiger partial charge in [0.1, 0.15) is 23.1 Å². The predicted molar refractivity (Wildman–Crippen MR) is 129 cm³/mol. The Kier molecular flexibility index (Phi) is 6.73. The van der Waals surface area contributed by atoms with Gasteiger partial charge in [-0.3, -0.25) is 29.4 Å². The van der Waals surface area contributed by atoms with E-state index in [2.05, 4.69) is 5.32 Å². The quantitative estimate of drug-likeness (QED) is 0.247. The fourth-order valence-corrected chi connectivity index (χ4v) is 4.17. The molecule has 9 nitrogen and oxygen atoms in total. The van der Waals surface area contributed by atoms with Crippen LogP contribution in [0.15, 0.2) is 63.9 Å². The number of carbonyl (C=O) groups is 3. The molecular formula is C22H13Cl2N3O6S. The molecule has 2 heterocycles. The van der Waals surface area contributed by atoms with Crippen molar-refractivity contribution in [3.8, 4) is 11.3 Å². The number of benzene rings is 2. The number of rotatable bonds is 6. The van der Waals surface area contributed by atoms with E-state index in [1.165, 1.54) is 18.2 Å².